The van der Waals surface area contributed by atoms with Gasteiger partial charge in [-0.05, 0) is 48.5 Å². The maximum absolute atomic E-state index is 11.9. The lowest BCUT2D eigenvalue weighted by Gasteiger charge is -2.32. The Hall–Kier alpha value is -0.840. The first-order valence-corrected chi connectivity index (χ1v) is 6.95. The van der Waals surface area contributed by atoms with Gasteiger partial charge in [0, 0.05) is 12.6 Å². The molecule has 1 N–H and O–H groups in total. The molecule has 0 saturated heterocycles. The molecule has 0 bridgehead atoms. The van der Waals surface area contributed by atoms with Crippen molar-refractivity contribution >= 4 is 21.6 Å². The molecule has 17 heavy (non-hydrogen) atoms. The predicted molar refractivity (Wildman–Crippen MR) is 72.3 cm³/mol. The molecular formula is C12H18BrN3O. The molecule has 1 unspecified atom stereocenters. The van der Waals surface area contributed by atoms with Gasteiger partial charge in [-0.1, -0.05) is 6.42 Å². The minimum Gasteiger partial charge on any atom is -0.380 e. The molecule has 2 rings (SSSR count). The summed E-state index contributed by atoms with van der Waals surface area (Å²) in [7, 11) is 0. The summed E-state index contributed by atoms with van der Waals surface area (Å²) in [5.41, 5.74) is 0.734. The van der Waals surface area contributed by atoms with Crippen LogP contribution in [0.25, 0.3) is 0 Å². The molecule has 0 amide bonds. The molecule has 0 aliphatic heterocycles. The maximum atomic E-state index is 11.9. The number of anilines is 1. The molecule has 1 aromatic heterocycles. The van der Waals surface area contributed by atoms with Crippen LogP contribution in [0.1, 0.15) is 33.1 Å². The van der Waals surface area contributed by atoms with E-state index < -0.39 is 0 Å². The first kappa shape index (κ1) is 12.6. The van der Waals surface area contributed by atoms with Gasteiger partial charge in [0.15, 0.2) is 0 Å². The first-order valence-electron chi connectivity index (χ1n) is 6.15. The lowest BCUT2D eigenvalue weighted by atomic mass is 9.80. The summed E-state index contributed by atoms with van der Waals surface area (Å²) in [6, 6.07) is 0.402. The van der Waals surface area contributed by atoms with Crippen LogP contribution in [0.2, 0.25) is 0 Å². The molecule has 4 nitrogen and oxygen atoms in total. The van der Waals surface area contributed by atoms with Crippen molar-refractivity contribution in [2.45, 2.75) is 45.7 Å². The van der Waals surface area contributed by atoms with E-state index in [4.69, 9.17) is 0 Å². The minimum absolute atomic E-state index is 0.0710. The maximum Gasteiger partial charge on any atom is 0.283 e. The standard InChI is InChI=1S/C12H18BrN3O/c1-3-16-12(17)11(13)10(7-14-16)15-8(2)9-5-4-6-9/h7-9,15H,3-6H2,1-2H3. The highest BCUT2D eigenvalue weighted by atomic mass is 79.9. The monoisotopic (exact) mass is 299 g/mol. The molecule has 1 fully saturated rings. The molecular weight excluding hydrogens is 282 g/mol. The highest BCUT2D eigenvalue weighted by Crippen LogP contribution is 2.31. The van der Waals surface area contributed by atoms with Gasteiger partial charge >= 0.3 is 0 Å². The number of nitrogens with zero attached hydrogens (tertiary/aromatic N) is 2. The smallest absolute Gasteiger partial charge is 0.283 e. The summed E-state index contributed by atoms with van der Waals surface area (Å²) >= 11 is 3.35. The normalized spacial score (nSPS) is 17.6. The van der Waals surface area contributed by atoms with E-state index in [-0.39, 0.29) is 5.56 Å². The van der Waals surface area contributed by atoms with Gasteiger partial charge in [-0.25, -0.2) is 4.68 Å². The summed E-state index contributed by atoms with van der Waals surface area (Å²) in [6.45, 7) is 4.67. The summed E-state index contributed by atoms with van der Waals surface area (Å²) < 4.78 is 2.03. The third kappa shape index (κ3) is 2.54. The van der Waals surface area contributed by atoms with Gasteiger partial charge in [0.05, 0.1) is 11.9 Å². The van der Waals surface area contributed by atoms with Crippen LogP contribution in [0.4, 0.5) is 5.69 Å². The Morgan fingerprint density at radius 2 is 2.35 bits per heavy atom. The van der Waals surface area contributed by atoms with Crippen molar-refractivity contribution in [3.8, 4) is 0 Å². The highest BCUT2D eigenvalue weighted by molar-refractivity contribution is 9.10. The molecule has 5 heteroatoms. The lowest BCUT2D eigenvalue weighted by Crippen LogP contribution is -2.32. The largest absolute Gasteiger partial charge is 0.380 e. The SMILES string of the molecule is CCn1ncc(NC(C)C2CCC2)c(Br)c1=O. The van der Waals surface area contributed by atoms with Crippen molar-refractivity contribution < 1.29 is 0 Å². The number of aromatic nitrogens is 2. The van der Waals surface area contributed by atoms with Gasteiger partial charge in [0.25, 0.3) is 5.56 Å². The Morgan fingerprint density at radius 1 is 1.65 bits per heavy atom. The molecule has 94 valence electrons. The van der Waals surface area contributed by atoms with Crippen LogP contribution in [0, 0.1) is 5.92 Å². The fourth-order valence-electron chi connectivity index (χ4n) is 2.09. The quantitative estimate of drug-likeness (QED) is 0.930. The van der Waals surface area contributed by atoms with Crippen LogP contribution < -0.4 is 10.9 Å². The average Bonchev–Trinajstić information content (AvgIpc) is 2.23. The van der Waals surface area contributed by atoms with Crippen molar-refractivity contribution in [2.75, 3.05) is 5.32 Å². The molecule has 1 saturated carbocycles. The molecule has 0 aromatic carbocycles. The number of hydrogen-bond acceptors (Lipinski definition) is 3. The van der Waals surface area contributed by atoms with Crippen molar-refractivity contribution in [2.24, 2.45) is 5.92 Å². The Bertz CT molecular complexity index is 454. The van der Waals surface area contributed by atoms with Crippen molar-refractivity contribution in [3.63, 3.8) is 0 Å². The topological polar surface area (TPSA) is 46.9 Å². The third-order valence-electron chi connectivity index (χ3n) is 3.52. The number of nitrogens with one attached hydrogen (secondary N) is 1. The van der Waals surface area contributed by atoms with E-state index in [2.05, 4.69) is 33.3 Å². The minimum atomic E-state index is -0.0710. The van der Waals surface area contributed by atoms with Gasteiger partial charge in [0.1, 0.15) is 4.47 Å². The number of hydrogen-bond donors (Lipinski definition) is 1. The lowest BCUT2D eigenvalue weighted by molar-refractivity contribution is 0.285. The van der Waals surface area contributed by atoms with Crippen LogP contribution in [0.3, 0.4) is 0 Å². The van der Waals surface area contributed by atoms with Crippen molar-refractivity contribution in [1.82, 2.24) is 9.78 Å². The molecule has 1 heterocycles. The molecule has 0 spiro atoms. The fraction of sp³-hybridized carbons (Fsp3) is 0.667. The Morgan fingerprint density at radius 3 is 2.88 bits per heavy atom. The first-order chi connectivity index (χ1) is 8.13. The summed E-state index contributed by atoms with van der Waals surface area (Å²) in [5.74, 6) is 0.732. The van der Waals surface area contributed by atoms with E-state index in [1.54, 1.807) is 6.20 Å². The van der Waals surface area contributed by atoms with Crippen molar-refractivity contribution in [3.05, 3.63) is 21.0 Å². The predicted octanol–water partition coefficient (Wildman–Crippen LogP) is 2.63. The van der Waals surface area contributed by atoms with Gasteiger partial charge in [-0.3, -0.25) is 4.79 Å². The van der Waals surface area contributed by atoms with E-state index in [0.29, 0.717) is 17.1 Å². The summed E-state index contributed by atoms with van der Waals surface area (Å²) in [4.78, 5) is 11.9. The summed E-state index contributed by atoms with van der Waals surface area (Å²) in [6.07, 6.45) is 5.62. The Labute approximate surface area is 110 Å². The van der Waals surface area contributed by atoms with Crippen LogP contribution >= 0.6 is 15.9 Å². The molecule has 1 aliphatic carbocycles. The van der Waals surface area contributed by atoms with Crippen LogP contribution in [-0.2, 0) is 6.54 Å². The molecule has 1 atom stereocenters. The second-order valence-electron chi connectivity index (χ2n) is 4.62. The van der Waals surface area contributed by atoms with Gasteiger partial charge in [-0.15, -0.1) is 0 Å². The highest BCUT2D eigenvalue weighted by Gasteiger charge is 2.24. The second-order valence-corrected chi connectivity index (χ2v) is 5.41. The van der Waals surface area contributed by atoms with Crippen LogP contribution in [0.15, 0.2) is 15.5 Å². The van der Waals surface area contributed by atoms with E-state index in [9.17, 15) is 4.79 Å². The van der Waals surface area contributed by atoms with E-state index in [1.807, 2.05) is 6.92 Å². The van der Waals surface area contributed by atoms with Gasteiger partial charge in [-0.2, -0.15) is 5.10 Å². The zero-order valence-electron chi connectivity index (χ0n) is 10.2. The zero-order chi connectivity index (χ0) is 12.4. The number of rotatable bonds is 4. The second kappa shape index (κ2) is 5.21. The molecule has 0 radical (unpaired) electrons. The van der Waals surface area contributed by atoms with Crippen molar-refractivity contribution in [1.29, 1.82) is 0 Å². The van der Waals surface area contributed by atoms with Crippen LogP contribution in [-0.4, -0.2) is 15.8 Å². The Kier molecular flexibility index (Phi) is 3.86. The van der Waals surface area contributed by atoms with Crippen LogP contribution in [0.5, 0.6) is 0 Å². The molecule has 1 aromatic rings. The fourth-order valence-corrected chi connectivity index (χ4v) is 2.52. The van der Waals surface area contributed by atoms with E-state index in [1.165, 1.54) is 23.9 Å². The Balaban J connectivity index is 2.15. The van der Waals surface area contributed by atoms with E-state index in [0.717, 1.165) is 11.6 Å². The van der Waals surface area contributed by atoms with E-state index >= 15 is 0 Å². The zero-order valence-corrected chi connectivity index (χ0v) is 11.8. The molecule has 1 aliphatic rings. The number of halogens is 1. The van der Waals surface area contributed by atoms with Gasteiger partial charge < -0.3 is 5.32 Å². The average molecular weight is 300 g/mol. The summed E-state index contributed by atoms with van der Waals surface area (Å²) in [5, 5.41) is 7.51. The number of aryl methyl sites for hydroxylation is 1. The third-order valence-corrected chi connectivity index (χ3v) is 4.29. The van der Waals surface area contributed by atoms with Gasteiger partial charge in [0.2, 0.25) is 0 Å².